The van der Waals surface area contributed by atoms with Crippen molar-refractivity contribution in [2.75, 3.05) is 6.54 Å². The summed E-state index contributed by atoms with van der Waals surface area (Å²) in [5, 5.41) is 9.36. The van der Waals surface area contributed by atoms with E-state index in [1.807, 2.05) is 31.2 Å². The monoisotopic (exact) mass is 303 g/mol. The first-order valence-electron chi connectivity index (χ1n) is 7.17. The Balaban J connectivity index is 2.25. The molecular weight excluding hydrogens is 282 g/mol. The highest BCUT2D eigenvalue weighted by Gasteiger charge is 2.36. The van der Waals surface area contributed by atoms with Gasteiger partial charge in [0.25, 0.3) is 0 Å². The molecule has 0 saturated carbocycles. The van der Waals surface area contributed by atoms with E-state index in [0.29, 0.717) is 0 Å². The molecule has 0 bridgehead atoms. The molecule has 0 spiro atoms. The number of aryl methyl sites for hydroxylation is 1. The predicted molar refractivity (Wildman–Crippen MR) is 83.5 cm³/mol. The summed E-state index contributed by atoms with van der Waals surface area (Å²) in [6, 6.07) is 6.78. The van der Waals surface area contributed by atoms with Crippen LogP contribution in [0, 0.1) is 6.92 Å². The third-order valence-electron chi connectivity index (χ3n) is 3.31. The van der Waals surface area contributed by atoms with Crippen molar-refractivity contribution in [3.63, 3.8) is 0 Å². The van der Waals surface area contributed by atoms with Crippen LogP contribution >= 0.6 is 0 Å². The lowest BCUT2D eigenvalue weighted by Gasteiger charge is -2.27. The van der Waals surface area contributed by atoms with Crippen molar-refractivity contribution >= 4 is 17.6 Å². The quantitative estimate of drug-likeness (QED) is 0.911. The number of amides is 1. The number of carbonyl (C=O) groups is 2. The van der Waals surface area contributed by atoms with E-state index in [-0.39, 0.29) is 6.54 Å². The number of carbonyl (C=O) groups excluding carboxylic acids is 1. The third-order valence-corrected chi connectivity index (χ3v) is 3.31. The Bertz CT molecular complexity index is 628. The van der Waals surface area contributed by atoms with Crippen LogP contribution in [0.4, 0.5) is 4.79 Å². The number of aliphatic carboxylic acids is 1. The molecule has 1 atom stereocenters. The SMILES string of the molecule is Cc1cccc(C2=C[C@H](C(=O)O)N(C(=O)OC(C)(C)C)C2)c1. The van der Waals surface area contributed by atoms with Crippen LogP contribution in [0.25, 0.3) is 5.57 Å². The van der Waals surface area contributed by atoms with E-state index in [1.165, 1.54) is 4.90 Å². The lowest BCUT2D eigenvalue weighted by atomic mass is 10.0. The predicted octanol–water partition coefficient (Wildman–Crippen LogP) is 3.08. The topological polar surface area (TPSA) is 66.8 Å². The number of carboxylic acid groups (broad SMARTS) is 1. The van der Waals surface area contributed by atoms with Crippen molar-refractivity contribution in [1.82, 2.24) is 4.90 Å². The van der Waals surface area contributed by atoms with Crippen molar-refractivity contribution in [1.29, 1.82) is 0 Å². The van der Waals surface area contributed by atoms with Crippen LogP contribution in [0.15, 0.2) is 30.3 Å². The number of ether oxygens (including phenoxy) is 1. The van der Waals surface area contributed by atoms with Gasteiger partial charge in [0.1, 0.15) is 5.60 Å². The summed E-state index contributed by atoms with van der Waals surface area (Å²) in [6.45, 7) is 7.47. The molecule has 1 heterocycles. The van der Waals surface area contributed by atoms with Crippen molar-refractivity contribution < 1.29 is 19.4 Å². The van der Waals surface area contributed by atoms with Gasteiger partial charge in [0.05, 0.1) is 6.54 Å². The Labute approximate surface area is 130 Å². The van der Waals surface area contributed by atoms with Gasteiger partial charge in [0, 0.05) is 0 Å². The van der Waals surface area contributed by atoms with Crippen LogP contribution in [-0.2, 0) is 9.53 Å². The zero-order valence-electron chi connectivity index (χ0n) is 13.3. The van der Waals surface area contributed by atoms with Gasteiger partial charge in [-0.05, 0) is 44.9 Å². The zero-order chi connectivity index (χ0) is 16.5. The second-order valence-corrected chi connectivity index (χ2v) is 6.45. The van der Waals surface area contributed by atoms with Gasteiger partial charge in [-0.2, -0.15) is 0 Å². The zero-order valence-corrected chi connectivity index (χ0v) is 13.3. The molecule has 0 aliphatic carbocycles. The average Bonchev–Trinajstić information content (AvgIpc) is 2.82. The van der Waals surface area contributed by atoms with Crippen LogP contribution in [0.3, 0.4) is 0 Å². The minimum Gasteiger partial charge on any atom is -0.479 e. The maximum absolute atomic E-state index is 12.2. The van der Waals surface area contributed by atoms with E-state index in [9.17, 15) is 14.7 Å². The third kappa shape index (κ3) is 3.67. The Kier molecular flexibility index (Phi) is 4.26. The Morgan fingerprint density at radius 2 is 2.00 bits per heavy atom. The Morgan fingerprint density at radius 1 is 1.32 bits per heavy atom. The highest BCUT2D eigenvalue weighted by Crippen LogP contribution is 2.27. The number of carboxylic acids is 1. The highest BCUT2D eigenvalue weighted by atomic mass is 16.6. The maximum atomic E-state index is 12.2. The normalized spacial score (nSPS) is 18.1. The lowest BCUT2D eigenvalue weighted by molar-refractivity contribution is -0.140. The minimum absolute atomic E-state index is 0.231. The van der Waals surface area contributed by atoms with Crippen molar-refractivity contribution in [2.24, 2.45) is 0 Å². The molecule has 0 fully saturated rings. The molecule has 5 heteroatoms. The van der Waals surface area contributed by atoms with Gasteiger partial charge in [0.2, 0.25) is 0 Å². The molecule has 0 saturated heterocycles. The number of nitrogens with zero attached hydrogens (tertiary/aromatic N) is 1. The number of hydrogen-bond acceptors (Lipinski definition) is 3. The average molecular weight is 303 g/mol. The molecule has 1 amide bonds. The Morgan fingerprint density at radius 3 is 2.55 bits per heavy atom. The van der Waals surface area contributed by atoms with E-state index in [1.54, 1.807) is 26.8 Å². The van der Waals surface area contributed by atoms with Crippen LogP contribution in [0.1, 0.15) is 31.9 Å². The molecule has 5 nitrogen and oxygen atoms in total. The summed E-state index contributed by atoms with van der Waals surface area (Å²) in [6.07, 6.45) is 1.000. The van der Waals surface area contributed by atoms with E-state index < -0.39 is 23.7 Å². The van der Waals surface area contributed by atoms with Gasteiger partial charge >= 0.3 is 12.1 Å². The summed E-state index contributed by atoms with van der Waals surface area (Å²) in [5.74, 6) is -1.06. The number of benzene rings is 1. The van der Waals surface area contributed by atoms with Crippen molar-refractivity contribution in [2.45, 2.75) is 39.3 Å². The number of hydrogen-bond donors (Lipinski definition) is 1. The fourth-order valence-electron chi connectivity index (χ4n) is 2.35. The molecule has 1 N–H and O–H groups in total. The van der Waals surface area contributed by atoms with E-state index in [4.69, 9.17) is 4.74 Å². The van der Waals surface area contributed by atoms with Crippen LogP contribution in [0.5, 0.6) is 0 Å². The molecular formula is C17H21NO4. The molecule has 1 aliphatic rings. The van der Waals surface area contributed by atoms with Gasteiger partial charge in [-0.1, -0.05) is 29.8 Å². The molecule has 22 heavy (non-hydrogen) atoms. The van der Waals surface area contributed by atoms with E-state index >= 15 is 0 Å². The second-order valence-electron chi connectivity index (χ2n) is 6.45. The van der Waals surface area contributed by atoms with Crippen molar-refractivity contribution in [3.05, 3.63) is 41.5 Å². The lowest BCUT2D eigenvalue weighted by Crippen LogP contribution is -2.43. The van der Waals surface area contributed by atoms with Crippen molar-refractivity contribution in [3.8, 4) is 0 Å². The first kappa shape index (κ1) is 16.1. The summed E-state index contributed by atoms with van der Waals surface area (Å²) in [5.41, 5.74) is 2.17. The smallest absolute Gasteiger partial charge is 0.411 e. The molecule has 0 radical (unpaired) electrons. The van der Waals surface area contributed by atoms with Gasteiger partial charge < -0.3 is 9.84 Å². The summed E-state index contributed by atoms with van der Waals surface area (Å²) in [7, 11) is 0. The largest absolute Gasteiger partial charge is 0.479 e. The summed E-state index contributed by atoms with van der Waals surface area (Å²) >= 11 is 0. The van der Waals surface area contributed by atoms with Gasteiger partial charge in [0.15, 0.2) is 6.04 Å². The summed E-state index contributed by atoms with van der Waals surface area (Å²) < 4.78 is 5.30. The molecule has 1 aromatic carbocycles. The van der Waals surface area contributed by atoms with E-state index in [0.717, 1.165) is 16.7 Å². The number of rotatable bonds is 2. The Hall–Kier alpha value is -2.30. The standard InChI is InChI=1S/C17H21NO4/c1-11-6-5-7-12(8-11)13-9-14(15(19)20)18(10-13)16(21)22-17(2,3)4/h5-9,14H,10H2,1-4H3,(H,19,20)/t14-/m1/s1. The van der Waals surface area contributed by atoms with Gasteiger partial charge in [-0.25, -0.2) is 9.59 Å². The molecule has 2 rings (SSSR count). The first-order chi connectivity index (χ1) is 10.2. The summed E-state index contributed by atoms with van der Waals surface area (Å²) in [4.78, 5) is 24.9. The minimum atomic E-state index is -1.06. The van der Waals surface area contributed by atoms with Crippen LogP contribution < -0.4 is 0 Å². The highest BCUT2D eigenvalue weighted by molar-refractivity contribution is 5.89. The molecule has 0 aromatic heterocycles. The van der Waals surface area contributed by atoms with Gasteiger partial charge in [-0.3, -0.25) is 4.90 Å². The second kappa shape index (κ2) is 5.83. The van der Waals surface area contributed by atoms with E-state index in [2.05, 4.69) is 0 Å². The first-order valence-corrected chi connectivity index (χ1v) is 7.17. The fourth-order valence-corrected chi connectivity index (χ4v) is 2.35. The molecule has 1 aromatic rings. The van der Waals surface area contributed by atoms with Crippen LogP contribution in [0.2, 0.25) is 0 Å². The molecule has 118 valence electrons. The fraction of sp³-hybridized carbons (Fsp3) is 0.412. The van der Waals surface area contributed by atoms with Gasteiger partial charge in [-0.15, -0.1) is 0 Å². The van der Waals surface area contributed by atoms with Crippen LogP contribution in [-0.4, -0.2) is 40.3 Å². The maximum Gasteiger partial charge on any atom is 0.411 e. The molecule has 0 unspecified atom stereocenters. The molecule has 1 aliphatic heterocycles.